The number of hydrogen-bond donors (Lipinski definition) is 1. The molecule has 0 radical (unpaired) electrons. The molecular weight excluding hydrogens is 250 g/mol. The van der Waals surface area contributed by atoms with Gasteiger partial charge in [-0.1, -0.05) is 26.0 Å². The Balaban J connectivity index is 2.03. The quantitative estimate of drug-likeness (QED) is 0.866. The zero-order chi connectivity index (χ0) is 14.5. The van der Waals surface area contributed by atoms with Gasteiger partial charge in [-0.15, -0.1) is 0 Å². The first-order valence-electron chi connectivity index (χ1n) is 7.60. The minimum Gasteiger partial charge on any atom is -0.492 e. The Labute approximate surface area is 122 Å². The van der Waals surface area contributed by atoms with E-state index in [0.717, 1.165) is 25.4 Å². The molecule has 1 fully saturated rings. The van der Waals surface area contributed by atoms with Crippen LogP contribution < -0.4 is 10.1 Å². The zero-order valence-electron chi connectivity index (χ0n) is 13.1. The van der Waals surface area contributed by atoms with Crippen LogP contribution in [0, 0.1) is 12.8 Å². The number of benzene rings is 1. The molecule has 0 aromatic heterocycles. The number of ether oxygens (including phenoxy) is 2. The van der Waals surface area contributed by atoms with Crippen molar-refractivity contribution >= 4 is 0 Å². The molecule has 1 saturated heterocycles. The van der Waals surface area contributed by atoms with E-state index in [1.807, 2.05) is 7.05 Å². The van der Waals surface area contributed by atoms with E-state index >= 15 is 0 Å². The van der Waals surface area contributed by atoms with E-state index in [2.05, 4.69) is 44.3 Å². The summed E-state index contributed by atoms with van der Waals surface area (Å²) in [6.45, 7) is 8.95. The third-order valence-electron chi connectivity index (χ3n) is 4.11. The fourth-order valence-corrected chi connectivity index (χ4v) is 2.75. The summed E-state index contributed by atoms with van der Waals surface area (Å²) in [5.74, 6) is 2.07. The first kappa shape index (κ1) is 15.3. The summed E-state index contributed by atoms with van der Waals surface area (Å²) < 4.78 is 11.6. The maximum atomic E-state index is 6.13. The van der Waals surface area contributed by atoms with Crippen molar-refractivity contribution in [3.8, 4) is 5.75 Å². The van der Waals surface area contributed by atoms with Gasteiger partial charge in [0.05, 0.1) is 6.61 Å². The third-order valence-corrected chi connectivity index (χ3v) is 4.11. The van der Waals surface area contributed by atoms with Gasteiger partial charge in [-0.2, -0.15) is 0 Å². The molecule has 2 rings (SSSR count). The number of aryl methyl sites for hydroxylation is 1. The van der Waals surface area contributed by atoms with Crippen LogP contribution in [0.1, 0.15) is 37.3 Å². The number of nitrogens with one attached hydrogen (secondary N) is 1. The van der Waals surface area contributed by atoms with Crippen molar-refractivity contribution in [2.24, 2.45) is 5.92 Å². The van der Waals surface area contributed by atoms with E-state index in [4.69, 9.17) is 9.47 Å². The van der Waals surface area contributed by atoms with Gasteiger partial charge in [-0.25, -0.2) is 0 Å². The molecule has 1 heterocycles. The summed E-state index contributed by atoms with van der Waals surface area (Å²) in [5.41, 5.74) is 2.53. The Morgan fingerprint density at radius 1 is 1.40 bits per heavy atom. The number of rotatable bonds is 6. The Morgan fingerprint density at radius 3 is 2.80 bits per heavy atom. The molecule has 2 unspecified atom stereocenters. The van der Waals surface area contributed by atoms with Gasteiger partial charge in [0.1, 0.15) is 12.4 Å². The van der Waals surface area contributed by atoms with Crippen molar-refractivity contribution in [1.82, 2.24) is 5.32 Å². The summed E-state index contributed by atoms with van der Waals surface area (Å²) in [6.07, 6.45) is 1.12. The Bertz CT molecular complexity index is 425. The average Bonchev–Trinajstić information content (AvgIpc) is 2.93. The third kappa shape index (κ3) is 3.74. The van der Waals surface area contributed by atoms with Crippen LogP contribution in [0.4, 0.5) is 0 Å². The highest BCUT2D eigenvalue weighted by Gasteiger charge is 2.25. The lowest BCUT2D eigenvalue weighted by Gasteiger charge is -2.23. The monoisotopic (exact) mass is 277 g/mol. The van der Waals surface area contributed by atoms with Crippen molar-refractivity contribution in [3.05, 3.63) is 29.3 Å². The fourth-order valence-electron chi connectivity index (χ4n) is 2.75. The highest BCUT2D eigenvalue weighted by molar-refractivity contribution is 5.39. The van der Waals surface area contributed by atoms with Crippen LogP contribution >= 0.6 is 0 Å². The first-order valence-corrected chi connectivity index (χ1v) is 7.60. The molecule has 2 atom stereocenters. The number of hydrogen-bond acceptors (Lipinski definition) is 3. The van der Waals surface area contributed by atoms with Crippen LogP contribution in [0.5, 0.6) is 5.75 Å². The molecule has 1 aliphatic rings. The molecule has 1 aromatic carbocycles. The van der Waals surface area contributed by atoms with Crippen LogP contribution in [0.15, 0.2) is 18.2 Å². The molecule has 1 N–H and O–H groups in total. The summed E-state index contributed by atoms with van der Waals surface area (Å²) in [4.78, 5) is 0. The van der Waals surface area contributed by atoms with Crippen molar-refractivity contribution in [2.75, 3.05) is 26.9 Å². The van der Waals surface area contributed by atoms with Crippen molar-refractivity contribution in [3.63, 3.8) is 0 Å². The average molecular weight is 277 g/mol. The minimum absolute atomic E-state index is 0.359. The molecule has 112 valence electrons. The standard InChI is InChI=1S/C17H27NO2/c1-12(2)15-6-5-13(3)9-17(15)20-11-16(18-4)14-7-8-19-10-14/h5-6,9,12,14,16,18H,7-8,10-11H2,1-4H3. The van der Waals surface area contributed by atoms with Crippen LogP contribution in [0.25, 0.3) is 0 Å². The summed E-state index contributed by atoms with van der Waals surface area (Å²) in [6, 6.07) is 6.84. The smallest absolute Gasteiger partial charge is 0.123 e. The van der Waals surface area contributed by atoms with Crippen LogP contribution in [-0.2, 0) is 4.74 Å². The molecule has 0 amide bonds. The van der Waals surface area contributed by atoms with Gasteiger partial charge in [0.15, 0.2) is 0 Å². The molecule has 3 heteroatoms. The Morgan fingerprint density at radius 2 is 2.20 bits per heavy atom. The van der Waals surface area contributed by atoms with E-state index in [-0.39, 0.29) is 0 Å². The second-order valence-corrected chi connectivity index (χ2v) is 6.03. The molecule has 0 aliphatic carbocycles. The van der Waals surface area contributed by atoms with Gasteiger partial charge in [-0.3, -0.25) is 0 Å². The highest BCUT2D eigenvalue weighted by Crippen LogP contribution is 2.28. The van der Waals surface area contributed by atoms with E-state index < -0.39 is 0 Å². The van der Waals surface area contributed by atoms with Gasteiger partial charge >= 0.3 is 0 Å². The fraction of sp³-hybridized carbons (Fsp3) is 0.647. The van der Waals surface area contributed by atoms with Crippen LogP contribution in [0.3, 0.4) is 0 Å². The van der Waals surface area contributed by atoms with Gasteiger partial charge in [0, 0.05) is 18.6 Å². The van der Waals surface area contributed by atoms with Gasteiger partial charge in [0.25, 0.3) is 0 Å². The zero-order valence-corrected chi connectivity index (χ0v) is 13.1. The molecule has 1 aromatic rings. The van der Waals surface area contributed by atoms with Crippen molar-refractivity contribution in [1.29, 1.82) is 0 Å². The second kappa shape index (κ2) is 7.09. The second-order valence-electron chi connectivity index (χ2n) is 6.03. The summed E-state index contributed by atoms with van der Waals surface area (Å²) in [7, 11) is 2.01. The highest BCUT2D eigenvalue weighted by atomic mass is 16.5. The van der Waals surface area contributed by atoms with Crippen molar-refractivity contribution in [2.45, 2.75) is 39.2 Å². The molecule has 0 bridgehead atoms. The SMILES string of the molecule is CNC(COc1cc(C)ccc1C(C)C)C1CCOC1. The normalized spacial score (nSPS) is 20.4. The molecule has 20 heavy (non-hydrogen) atoms. The Hall–Kier alpha value is -1.06. The van der Waals surface area contributed by atoms with Gasteiger partial charge in [-0.05, 0) is 43.5 Å². The Kier molecular flexibility index (Phi) is 5.44. The minimum atomic E-state index is 0.359. The summed E-state index contributed by atoms with van der Waals surface area (Å²) in [5, 5.41) is 3.37. The first-order chi connectivity index (χ1) is 9.61. The lowest BCUT2D eigenvalue weighted by molar-refractivity contribution is 0.162. The maximum absolute atomic E-state index is 6.13. The predicted molar refractivity (Wildman–Crippen MR) is 82.5 cm³/mol. The maximum Gasteiger partial charge on any atom is 0.123 e. The largest absolute Gasteiger partial charge is 0.492 e. The molecule has 0 spiro atoms. The number of likely N-dealkylation sites (N-methyl/N-ethyl adjacent to an activating group) is 1. The van der Waals surface area contributed by atoms with E-state index in [0.29, 0.717) is 24.5 Å². The molecule has 3 nitrogen and oxygen atoms in total. The van der Waals surface area contributed by atoms with E-state index in [1.165, 1.54) is 11.1 Å². The molecule has 1 aliphatic heterocycles. The van der Waals surface area contributed by atoms with Gasteiger partial charge in [0.2, 0.25) is 0 Å². The predicted octanol–water partition coefficient (Wildman–Crippen LogP) is 3.12. The lowest BCUT2D eigenvalue weighted by atomic mass is 9.99. The van der Waals surface area contributed by atoms with Crippen LogP contribution in [0.2, 0.25) is 0 Å². The van der Waals surface area contributed by atoms with Crippen molar-refractivity contribution < 1.29 is 9.47 Å². The van der Waals surface area contributed by atoms with E-state index in [1.54, 1.807) is 0 Å². The van der Waals surface area contributed by atoms with E-state index in [9.17, 15) is 0 Å². The topological polar surface area (TPSA) is 30.5 Å². The lowest BCUT2D eigenvalue weighted by Crippen LogP contribution is -2.39. The summed E-state index contributed by atoms with van der Waals surface area (Å²) >= 11 is 0. The molecule has 0 saturated carbocycles. The van der Waals surface area contributed by atoms with Crippen LogP contribution in [-0.4, -0.2) is 32.9 Å². The van der Waals surface area contributed by atoms with Gasteiger partial charge < -0.3 is 14.8 Å². The molecular formula is C17H27NO2.